The Hall–Kier alpha value is -2.36. The normalized spacial score (nSPS) is 11.6. The minimum Gasteiger partial charge on any atom is -0.481 e. The van der Waals surface area contributed by atoms with Crippen LogP contribution in [0.3, 0.4) is 0 Å². The van der Waals surface area contributed by atoms with Crippen molar-refractivity contribution >= 4 is 49.4 Å². The highest BCUT2D eigenvalue weighted by Crippen LogP contribution is 2.30. The molecular weight excluding hydrogens is 394 g/mol. The summed E-state index contributed by atoms with van der Waals surface area (Å²) in [6.45, 7) is 1.84. The molecule has 0 fully saturated rings. The number of halogens is 1. The van der Waals surface area contributed by atoms with Gasteiger partial charge >= 0.3 is 5.97 Å². The lowest BCUT2D eigenvalue weighted by Gasteiger charge is -2.13. The number of nitrogens with zero attached hydrogens (tertiary/aromatic N) is 1. The molecule has 2 aromatic heterocycles. The Morgan fingerprint density at radius 3 is 2.44 bits per heavy atom. The number of carboxylic acid groups (broad SMARTS) is 1. The van der Waals surface area contributed by atoms with Gasteiger partial charge in [-0.1, -0.05) is 18.5 Å². The van der Waals surface area contributed by atoms with Gasteiger partial charge in [0.2, 0.25) is 10.0 Å². The molecule has 0 spiro atoms. The highest BCUT2D eigenvalue weighted by Gasteiger charge is 2.22. The van der Waals surface area contributed by atoms with Crippen LogP contribution in [0, 0.1) is 0 Å². The summed E-state index contributed by atoms with van der Waals surface area (Å²) in [4.78, 5) is 27.0. The van der Waals surface area contributed by atoms with Crippen LogP contribution >= 0.6 is 11.6 Å². The summed E-state index contributed by atoms with van der Waals surface area (Å²) in [6, 6.07) is 4.67. The van der Waals surface area contributed by atoms with E-state index in [9.17, 15) is 18.0 Å². The number of benzene rings is 1. The minimum absolute atomic E-state index is 0.0104. The van der Waals surface area contributed by atoms with Crippen LogP contribution in [0.4, 0.5) is 0 Å². The van der Waals surface area contributed by atoms with E-state index in [0.717, 1.165) is 10.7 Å². The molecule has 3 aromatic rings. The molecule has 2 heterocycles. The predicted octanol–water partition coefficient (Wildman–Crippen LogP) is 2.78. The number of H-pyrrole nitrogens is 2. The lowest BCUT2D eigenvalue weighted by Crippen LogP contribution is -2.22. The molecule has 0 saturated heterocycles. The molecule has 0 unspecified atom stereocenters. The van der Waals surface area contributed by atoms with E-state index in [1.807, 2.05) is 6.92 Å². The molecule has 0 bridgehead atoms. The molecule has 0 radical (unpaired) electrons. The van der Waals surface area contributed by atoms with E-state index >= 15 is 0 Å². The number of aliphatic carboxylic acids is 1. The number of carbonyl (C=O) groups is 1. The van der Waals surface area contributed by atoms with E-state index in [1.165, 1.54) is 26.2 Å². The van der Waals surface area contributed by atoms with E-state index in [4.69, 9.17) is 16.7 Å². The van der Waals surface area contributed by atoms with Gasteiger partial charge < -0.3 is 15.1 Å². The molecule has 8 nitrogen and oxygen atoms in total. The molecule has 146 valence electrons. The van der Waals surface area contributed by atoms with E-state index in [1.54, 1.807) is 12.3 Å². The standard InChI is InChI=1S/C13H12ClN3O3S.C4H8O2/c1-17(2)21(19,20)11-5-8-7-3-4-15-12(7)13(18)16-10(8)6-9(11)14;1-2-3-4(5)6/h3-6,15H,1-2H3,(H,16,18);2-3H2,1H3,(H,5,6). The first-order valence-electron chi connectivity index (χ1n) is 8.06. The Morgan fingerprint density at radius 2 is 1.93 bits per heavy atom. The van der Waals surface area contributed by atoms with E-state index in [2.05, 4.69) is 9.97 Å². The summed E-state index contributed by atoms with van der Waals surface area (Å²) in [5.41, 5.74) is 0.620. The zero-order valence-corrected chi connectivity index (χ0v) is 16.6. The number of carboxylic acids is 1. The van der Waals surface area contributed by atoms with Gasteiger partial charge in [-0.2, -0.15) is 0 Å². The molecular formula is C17H20ClN3O5S. The van der Waals surface area contributed by atoms with Gasteiger partial charge in [0.15, 0.2) is 0 Å². The topological polar surface area (TPSA) is 123 Å². The van der Waals surface area contributed by atoms with Gasteiger partial charge in [0.05, 0.1) is 10.5 Å². The first kappa shape index (κ1) is 20.9. The van der Waals surface area contributed by atoms with Crippen molar-refractivity contribution in [3.8, 4) is 0 Å². The quantitative estimate of drug-likeness (QED) is 0.606. The average Bonchev–Trinajstić information content (AvgIpc) is 3.05. The molecule has 1 aromatic carbocycles. The van der Waals surface area contributed by atoms with E-state index < -0.39 is 16.0 Å². The van der Waals surface area contributed by atoms with Gasteiger partial charge in [0, 0.05) is 37.5 Å². The van der Waals surface area contributed by atoms with E-state index in [-0.39, 0.29) is 15.5 Å². The summed E-state index contributed by atoms with van der Waals surface area (Å²) >= 11 is 6.07. The van der Waals surface area contributed by atoms with Crippen molar-refractivity contribution in [2.75, 3.05) is 14.1 Å². The number of fused-ring (bicyclic) bond motifs is 3. The molecule has 10 heteroatoms. The van der Waals surface area contributed by atoms with Crippen molar-refractivity contribution in [3.05, 3.63) is 39.8 Å². The maximum atomic E-state index is 12.3. The predicted molar refractivity (Wildman–Crippen MR) is 105 cm³/mol. The summed E-state index contributed by atoms with van der Waals surface area (Å²) in [5, 5.41) is 9.26. The third-order valence-electron chi connectivity index (χ3n) is 3.81. The van der Waals surface area contributed by atoms with Crippen LogP contribution in [-0.2, 0) is 14.8 Å². The van der Waals surface area contributed by atoms with Crippen molar-refractivity contribution in [3.63, 3.8) is 0 Å². The fourth-order valence-corrected chi connectivity index (χ4v) is 3.88. The fourth-order valence-electron chi connectivity index (χ4n) is 2.45. The highest BCUT2D eigenvalue weighted by atomic mass is 35.5. The van der Waals surface area contributed by atoms with Gasteiger partial charge in [-0.3, -0.25) is 9.59 Å². The fraction of sp³-hybridized carbons (Fsp3) is 0.294. The van der Waals surface area contributed by atoms with Gasteiger partial charge in [-0.15, -0.1) is 0 Å². The number of hydrogen-bond acceptors (Lipinski definition) is 4. The lowest BCUT2D eigenvalue weighted by atomic mass is 10.1. The number of sulfonamides is 1. The molecule has 0 aliphatic rings. The van der Waals surface area contributed by atoms with Crippen LogP contribution in [0.15, 0.2) is 34.1 Å². The molecule has 0 aliphatic carbocycles. The van der Waals surface area contributed by atoms with Crippen molar-refractivity contribution in [2.45, 2.75) is 24.7 Å². The third kappa shape index (κ3) is 4.32. The Morgan fingerprint density at radius 1 is 1.26 bits per heavy atom. The van der Waals surface area contributed by atoms with Crippen molar-refractivity contribution < 1.29 is 18.3 Å². The van der Waals surface area contributed by atoms with Crippen LogP contribution in [-0.4, -0.2) is 47.9 Å². The third-order valence-corrected chi connectivity index (χ3v) is 6.09. The van der Waals surface area contributed by atoms with Crippen molar-refractivity contribution in [2.24, 2.45) is 0 Å². The number of nitrogens with one attached hydrogen (secondary N) is 2. The number of aromatic amines is 2. The molecule has 0 amide bonds. The van der Waals surface area contributed by atoms with Crippen LogP contribution in [0.25, 0.3) is 21.8 Å². The number of aromatic nitrogens is 2. The van der Waals surface area contributed by atoms with Gasteiger partial charge in [-0.05, 0) is 24.6 Å². The number of hydrogen-bond donors (Lipinski definition) is 3. The molecule has 27 heavy (non-hydrogen) atoms. The molecule has 3 N–H and O–H groups in total. The first-order chi connectivity index (χ1) is 12.6. The van der Waals surface area contributed by atoms with Crippen LogP contribution in [0.1, 0.15) is 19.8 Å². The van der Waals surface area contributed by atoms with Gasteiger partial charge in [0.1, 0.15) is 10.4 Å². The number of rotatable bonds is 4. The average molecular weight is 414 g/mol. The van der Waals surface area contributed by atoms with Crippen molar-refractivity contribution in [1.29, 1.82) is 0 Å². The number of pyridine rings is 1. The molecule has 3 rings (SSSR count). The Kier molecular flexibility index (Phi) is 6.30. The smallest absolute Gasteiger partial charge is 0.303 e. The molecule has 0 atom stereocenters. The SMILES string of the molecule is CCCC(=O)O.CN(C)S(=O)(=O)c1cc2c(cc1Cl)[nH]c(=O)c1[nH]ccc12. The second-order valence-electron chi connectivity index (χ2n) is 5.98. The second-order valence-corrected chi connectivity index (χ2v) is 8.51. The van der Waals surface area contributed by atoms with E-state index in [0.29, 0.717) is 28.2 Å². The first-order valence-corrected chi connectivity index (χ1v) is 9.88. The minimum atomic E-state index is -3.66. The zero-order chi connectivity index (χ0) is 20.4. The molecule has 0 aliphatic heterocycles. The molecule has 0 saturated carbocycles. The summed E-state index contributed by atoms with van der Waals surface area (Å²) in [5.74, 6) is -0.711. The van der Waals surface area contributed by atoms with Crippen LogP contribution in [0.2, 0.25) is 5.02 Å². The highest BCUT2D eigenvalue weighted by molar-refractivity contribution is 7.89. The Bertz CT molecular complexity index is 1150. The van der Waals surface area contributed by atoms with Crippen LogP contribution in [0.5, 0.6) is 0 Å². The summed E-state index contributed by atoms with van der Waals surface area (Å²) < 4.78 is 25.7. The maximum Gasteiger partial charge on any atom is 0.303 e. The summed E-state index contributed by atoms with van der Waals surface area (Å²) in [6.07, 6.45) is 2.66. The van der Waals surface area contributed by atoms with Crippen LogP contribution < -0.4 is 5.56 Å². The lowest BCUT2D eigenvalue weighted by molar-refractivity contribution is -0.137. The maximum absolute atomic E-state index is 12.3. The Balaban J connectivity index is 0.000000380. The summed E-state index contributed by atoms with van der Waals surface area (Å²) in [7, 11) is -0.784. The largest absolute Gasteiger partial charge is 0.481 e. The van der Waals surface area contributed by atoms with Gasteiger partial charge in [0.25, 0.3) is 5.56 Å². The second kappa shape index (κ2) is 8.12. The Labute approximate surface area is 160 Å². The van der Waals surface area contributed by atoms with Gasteiger partial charge in [-0.25, -0.2) is 12.7 Å². The monoisotopic (exact) mass is 413 g/mol. The van der Waals surface area contributed by atoms with Crippen molar-refractivity contribution in [1.82, 2.24) is 14.3 Å². The zero-order valence-electron chi connectivity index (χ0n) is 15.0.